The van der Waals surface area contributed by atoms with E-state index in [2.05, 4.69) is 65.3 Å². The van der Waals surface area contributed by atoms with E-state index in [-0.39, 0.29) is 0 Å². The van der Waals surface area contributed by atoms with Gasteiger partial charge in [0.2, 0.25) is 0 Å². The van der Waals surface area contributed by atoms with Crippen LogP contribution in [0.4, 0.5) is 0 Å². The van der Waals surface area contributed by atoms with Crippen molar-refractivity contribution >= 4 is 34.8 Å². The summed E-state index contributed by atoms with van der Waals surface area (Å²) in [5.74, 6) is 0.985. The van der Waals surface area contributed by atoms with E-state index in [0.717, 1.165) is 41.3 Å². The third-order valence-electron chi connectivity index (χ3n) is 4.67. The molecule has 0 bridgehead atoms. The fourth-order valence-corrected chi connectivity index (χ4v) is 3.41. The van der Waals surface area contributed by atoms with Crippen LogP contribution in [0.25, 0.3) is 23.2 Å². The van der Waals surface area contributed by atoms with Crippen LogP contribution in [-0.4, -0.2) is 9.55 Å². The van der Waals surface area contributed by atoms with Crippen LogP contribution in [0, 0.1) is 0 Å². The van der Waals surface area contributed by atoms with Gasteiger partial charge < -0.3 is 4.57 Å². The van der Waals surface area contributed by atoms with Gasteiger partial charge in [-0.25, -0.2) is 4.98 Å². The van der Waals surface area contributed by atoms with E-state index < -0.39 is 0 Å². The second-order valence-electron chi connectivity index (χ2n) is 6.58. The summed E-state index contributed by atoms with van der Waals surface area (Å²) in [6, 6.07) is 26.8. The molecule has 0 aliphatic rings. The molecule has 0 amide bonds. The van der Waals surface area contributed by atoms with Gasteiger partial charge in [-0.1, -0.05) is 72.3 Å². The number of nitrogens with zero attached hydrogens (tertiary/aromatic N) is 2. The summed E-state index contributed by atoms with van der Waals surface area (Å²) in [4.78, 5) is 4.82. The molecule has 0 radical (unpaired) electrons. The van der Waals surface area contributed by atoms with Gasteiger partial charge in [-0.2, -0.15) is 0 Å². The van der Waals surface area contributed by atoms with Crippen LogP contribution >= 0.6 is 11.6 Å². The Morgan fingerprint density at radius 1 is 0.815 bits per heavy atom. The molecule has 0 unspecified atom stereocenters. The molecule has 27 heavy (non-hydrogen) atoms. The van der Waals surface area contributed by atoms with Crippen LogP contribution in [0.1, 0.15) is 23.4 Å². The number of rotatable bonds is 6. The first-order valence-electron chi connectivity index (χ1n) is 9.22. The normalized spacial score (nSPS) is 11.4. The van der Waals surface area contributed by atoms with E-state index in [9.17, 15) is 0 Å². The van der Waals surface area contributed by atoms with Crippen molar-refractivity contribution in [2.45, 2.75) is 19.4 Å². The molecule has 0 aliphatic carbocycles. The largest absolute Gasteiger partial charge is 0.324 e. The summed E-state index contributed by atoms with van der Waals surface area (Å²) < 4.78 is 2.31. The highest BCUT2D eigenvalue weighted by Gasteiger charge is 2.08. The molecule has 0 saturated carbocycles. The Kier molecular flexibility index (Phi) is 5.36. The predicted octanol–water partition coefficient (Wildman–Crippen LogP) is 6.49. The number of aromatic nitrogens is 2. The van der Waals surface area contributed by atoms with Crippen molar-refractivity contribution in [3.05, 3.63) is 101 Å². The molecule has 3 heteroatoms. The highest BCUT2D eigenvalue weighted by molar-refractivity contribution is 6.30. The standard InChI is InChI=1S/C24H21ClN2/c25-21-15-12-20(13-16-21)14-17-24-26-22-10-4-5-11-23(22)27(24)18-6-9-19-7-2-1-3-8-19/h1-5,7-8,10-17H,6,9,18H2/b17-14+. The van der Waals surface area contributed by atoms with E-state index in [1.807, 2.05) is 30.3 Å². The summed E-state index contributed by atoms with van der Waals surface area (Å²) in [6.45, 7) is 0.940. The molecule has 0 aliphatic heterocycles. The maximum Gasteiger partial charge on any atom is 0.133 e. The number of hydrogen-bond acceptors (Lipinski definition) is 1. The van der Waals surface area contributed by atoms with E-state index >= 15 is 0 Å². The molecule has 0 fully saturated rings. The Hall–Kier alpha value is -2.84. The second-order valence-corrected chi connectivity index (χ2v) is 7.02. The fourth-order valence-electron chi connectivity index (χ4n) is 3.29. The molecule has 2 nitrogen and oxygen atoms in total. The quantitative estimate of drug-likeness (QED) is 0.378. The Morgan fingerprint density at radius 2 is 1.56 bits per heavy atom. The summed E-state index contributed by atoms with van der Waals surface area (Å²) in [6.07, 6.45) is 6.32. The van der Waals surface area contributed by atoms with Gasteiger partial charge in [0.15, 0.2) is 0 Å². The van der Waals surface area contributed by atoms with E-state index in [4.69, 9.17) is 16.6 Å². The highest BCUT2D eigenvalue weighted by Crippen LogP contribution is 2.20. The number of imidazole rings is 1. The SMILES string of the molecule is Clc1ccc(/C=C/c2nc3ccccc3n2CCCc2ccccc2)cc1. The Balaban J connectivity index is 1.58. The average molecular weight is 373 g/mol. The van der Waals surface area contributed by atoms with Crippen LogP contribution in [-0.2, 0) is 13.0 Å². The third kappa shape index (κ3) is 4.29. The zero-order chi connectivity index (χ0) is 18.5. The summed E-state index contributed by atoms with van der Waals surface area (Å²) in [5, 5.41) is 0.750. The van der Waals surface area contributed by atoms with Crippen molar-refractivity contribution in [1.82, 2.24) is 9.55 Å². The maximum atomic E-state index is 5.97. The van der Waals surface area contributed by atoms with Gasteiger partial charge in [0.1, 0.15) is 5.82 Å². The Morgan fingerprint density at radius 3 is 2.37 bits per heavy atom. The molecule has 0 atom stereocenters. The number of aryl methyl sites for hydroxylation is 2. The lowest BCUT2D eigenvalue weighted by molar-refractivity contribution is 0.652. The molecule has 0 N–H and O–H groups in total. The van der Waals surface area contributed by atoms with Crippen molar-refractivity contribution in [2.24, 2.45) is 0 Å². The van der Waals surface area contributed by atoms with Crippen molar-refractivity contribution < 1.29 is 0 Å². The lowest BCUT2D eigenvalue weighted by atomic mass is 10.1. The lowest BCUT2D eigenvalue weighted by Crippen LogP contribution is -2.02. The molecule has 1 heterocycles. The molecular weight excluding hydrogens is 352 g/mol. The number of fused-ring (bicyclic) bond motifs is 1. The van der Waals surface area contributed by atoms with Crippen LogP contribution in [0.5, 0.6) is 0 Å². The first-order chi connectivity index (χ1) is 13.3. The Labute approximate surface area is 164 Å². The van der Waals surface area contributed by atoms with Gasteiger partial charge in [0.05, 0.1) is 11.0 Å². The van der Waals surface area contributed by atoms with Crippen molar-refractivity contribution in [3.63, 3.8) is 0 Å². The zero-order valence-corrected chi connectivity index (χ0v) is 15.8. The topological polar surface area (TPSA) is 17.8 Å². The number of halogens is 1. The van der Waals surface area contributed by atoms with Crippen molar-refractivity contribution in [2.75, 3.05) is 0 Å². The van der Waals surface area contributed by atoms with Gasteiger partial charge >= 0.3 is 0 Å². The van der Waals surface area contributed by atoms with Crippen LogP contribution in [0.3, 0.4) is 0 Å². The monoisotopic (exact) mass is 372 g/mol. The molecule has 4 aromatic rings. The minimum Gasteiger partial charge on any atom is -0.324 e. The van der Waals surface area contributed by atoms with Crippen LogP contribution in [0.15, 0.2) is 78.9 Å². The molecule has 0 saturated heterocycles. The average Bonchev–Trinajstić information content (AvgIpc) is 3.06. The molecule has 4 rings (SSSR count). The minimum atomic E-state index is 0.750. The van der Waals surface area contributed by atoms with Crippen molar-refractivity contribution in [3.8, 4) is 0 Å². The van der Waals surface area contributed by atoms with Gasteiger partial charge in [0, 0.05) is 11.6 Å². The van der Waals surface area contributed by atoms with Gasteiger partial charge in [-0.05, 0) is 54.3 Å². The first kappa shape index (κ1) is 17.6. The van der Waals surface area contributed by atoms with Gasteiger partial charge in [0.25, 0.3) is 0 Å². The lowest BCUT2D eigenvalue weighted by Gasteiger charge is -2.07. The zero-order valence-electron chi connectivity index (χ0n) is 15.1. The number of hydrogen-bond donors (Lipinski definition) is 0. The van der Waals surface area contributed by atoms with Gasteiger partial charge in [-0.3, -0.25) is 0 Å². The van der Waals surface area contributed by atoms with Crippen molar-refractivity contribution in [1.29, 1.82) is 0 Å². The Bertz CT molecular complexity index is 1050. The van der Waals surface area contributed by atoms with Crippen LogP contribution < -0.4 is 0 Å². The van der Waals surface area contributed by atoms with E-state index in [0.29, 0.717) is 0 Å². The second kappa shape index (κ2) is 8.24. The third-order valence-corrected chi connectivity index (χ3v) is 4.92. The summed E-state index contributed by atoms with van der Waals surface area (Å²) in [5.41, 5.74) is 4.71. The van der Waals surface area contributed by atoms with E-state index in [1.54, 1.807) is 0 Å². The molecule has 1 aromatic heterocycles. The van der Waals surface area contributed by atoms with Crippen LogP contribution in [0.2, 0.25) is 5.02 Å². The number of para-hydroxylation sites is 2. The molecule has 134 valence electrons. The summed E-state index contributed by atoms with van der Waals surface area (Å²) in [7, 11) is 0. The van der Waals surface area contributed by atoms with Gasteiger partial charge in [-0.15, -0.1) is 0 Å². The highest BCUT2D eigenvalue weighted by atomic mass is 35.5. The van der Waals surface area contributed by atoms with E-state index in [1.165, 1.54) is 11.1 Å². The molecule has 3 aromatic carbocycles. The first-order valence-corrected chi connectivity index (χ1v) is 9.60. The maximum absolute atomic E-state index is 5.97. The predicted molar refractivity (Wildman–Crippen MR) is 115 cm³/mol. The molecular formula is C24H21ClN2. The smallest absolute Gasteiger partial charge is 0.133 e. The molecule has 0 spiro atoms. The number of benzene rings is 3. The minimum absolute atomic E-state index is 0.750. The summed E-state index contributed by atoms with van der Waals surface area (Å²) >= 11 is 5.97. The fraction of sp³-hybridized carbons (Fsp3) is 0.125.